The van der Waals surface area contributed by atoms with Crippen molar-refractivity contribution >= 4 is 67.7 Å². The lowest BCUT2D eigenvalue weighted by molar-refractivity contribution is 0.194. The SMILES string of the molecule is CC(C)(C)c1ccc2c(c1)c1cc(C(C)(C)C)cc3c1n2-c1cc(N2c4ccc(-c5ccccc5)cc4C4(C)CCCCC24C)cc2c1B3c1cccc3c1N2C1(C)CCCCC31C. The van der Waals surface area contributed by atoms with Crippen LogP contribution in [0.3, 0.4) is 0 Å². The summed E-state index contributed by atoms with van der Waals surface area (Å²) in [6, 6.07) is 44.0. The fourth-order valence-corrected chi connectivity index (χ4v) is 14.8. The summed E-state index contributed by atoms with van der Waals surface area (Å²) in [5.41, 5.74) is 22.8. The molecule has 4 atom stereocenters. The highest BCUT2D eigenvalue weighted by Crippen LogP contribution is 2.64. The molecule has 7 aromatic rings. The predicted molar refractivity (Wildman–Crippen MR) is 274 cm³/mol. The lowest BCUT2D eigenvalue weighted by Crippen LogP contribution is -2.64. The van der Waals surface area contributed by atoms with Crippen molar-refractivity contribution in [3.05, 3.63) is 131 Å². The molecule has 6 aromatic carbocycles. The van der Waals surface area contributed by atoms with Gasteiger partial charge in [-0.3, -0.25) is 0 Å². The molecule has 2 saturated carbocycles. The maximum atomic E-state index is 2.94. The van der Waals surface area contributed by atoms with Gasteiger partial charge in [-0.1, -0.05) is 148 Å². The van der Waals surface area contributed by atoms with Crippen LogP contribution in [-0.4, -0.2) is 22.4 Å². The zero-order valence-corrected chi connectivity index (χ0v) is 40.0. The number of nitrogens with zero attached hydrogens (tertiary/aromatic N) is 3. The minimum atomic E-state index is -0.0842. The number of rotatable bonds is 2. The van der Waals surface area contributed by atoms with E-state index < -0.39 is 0 Å². The Morgan fingerprint density at radius 2 is 1.16 bits per heavy atom. The first-order valence-corrected chi connectivity index (χ1v) is 24.7. The van der Waals surface area contributed by atoms with Crippen molar-refractivity contribution < 1.29 is 0 Å². The van der Waals surface area contributed by atoms with Crippen LogP contribution in [0.5, 0.6) is 0 Å². The molecule has 64 heavy (non-hydrogen) atoms. The molecule has 322 valence electrons. The third-order valence-corrected chi connectivity index (χ3v) is 18.8. The quantitative estimate of drug-likeness (QED) is 0.161. The lowest BCUT2D eigenvalue weighted by atomic mass is 9.33. The number of aromatic nitrogens is 1. The normalized spacial score (nSPS) is 26.2. The molecule has 0 bridgehead atoms. The summed E-state index contributed by atoms with van der Waals surface area (Å²) in [4.78, 5) is 5.80. The number of anilines is 4. The van der Waals surface area contributed by atoms with E-state index in [2.05, 4.69) is 193 Å². The zero-order chi connectivity index (χ0) is 44.1. The first-order chi connectivity index (χ1) is 30.5. The maximum Gasteiger partial charge on any atom is 0.252 e. The molecule has 3 nitrogen and oxygen atoms in total. The van der Waals surface area contributed by atoms with Crippen LogP contribution in [0.2, 0.25) is 0 Å². The fourth-order valence-electron chi connectivity index (χ4n) is 14.8. The van der Waals surface area contributed by atoms with Gasteiger partial charge in [-0.15, -0.1) is 0 Å². The Labute approximate surface area is 382 Å². The molecule has 0 spiro atoms. The van der Waals surface area contributed by atoms with Gasteiger partial charge in [0.1, 0.15) is 0 Å². The van der Waals surface area contributed by atoms with Crippen molar-refractivity contribution in [3.8, 4) is 16.8 Å². The highest BCUT2D eigenvalue weighted by Gasteiger charge is 2.62. The Morgan fingerprint density at radius 3 is 1.88 bits per heavy atom. The van der Waals surface area contributed by atoms with E-state index >= 15 is 0 Å². The van der Waals surface area contributed by atoms with Gasteiger partial charge in [0.05, 0.1) is 16.6 Å². The number of hydrogen-bond donors (Lipinski definition) is 0. The predicted octanol–water partition coefficient (Wildman–Crippen LogP) is 13.7. The average Bonchev–Trinajstić information content (AvgIpc) is 3.79. The Kier molecular flexibility index (Phi) is 7.57. The van der Waals surface area contributed by atoms with Crippen molar-refractivity contribution in [3.63, 3.8) is 0 Å². The molecule has 0 N–H and O–H groups in total. The van der Waals surface area contributed by atoms with E-state index in [9.17, 15) is 0 Å². The second-order valence-corrected chi connectivity index (χ2v) is 24.0. The van der Waals surface area contributed by atoms with Crippen LogP contribution in [0.25, 0.3) is 38.6 Å². The Hall–Kier alpha value is -5.22. The summed E-state index contributed by atoms with van der Waals surface area (Å²) in [7, 11) is 0. The van der Waals surface area contributed by atoms with E-state index in [0.717, 1.165) is 0 Å². The van der Waals surface area contributed by atoms with Gasteiger partial charge in [0.15, 0.2) is 0 Å². The Morgan fingerprint density at radius 1 is 0.500 bits per heavy atom. The molecular formula is C60H64BN3. The molecule has 6 aliphatic rings. The molecule has 4 unspecified atom stereocenters. The Bertz CT molecular complexity index is 3180. The summed E-state index contributed by atoms with van der Waals surface area (Å²) >= 11 is 0. The fraction of sp³-hybridized carbons (Fsp3) is 0.400. The van der Waals surface area contributed by atoms with E-state index in [0.29, 0.717) is 0 Å². The standard InChI is InChI=1S/C60H64BN3/c1-55(2,3)39-24-26-48-42(32-39)43-33-40(56(4,5)6)34-47-53(43)62(48)50-35-41(36-51-52(50)61(47)46-22-18-21-44-54(46)64(51)60(10)30-17-14-27-57(44,60)7)63-49-25-23-38(37-19-12-11-13-20-37)31-45(49)58(8)28-15-16-29-59(58,63)9/h11-13,18-26,31-36H,14-17,27-30H2,1-10H3. The minimum absolute atomic E-state index is 0.00540. The summed E-state index contributed by atoms with van der Waals surface area (Å²) in [5, 5.41) is 2.78. The summed E-state index contributed by atoms with van der Waals surface area (Å²) < 4.78 is 2.74. The molecule has 5 heterocycles. The monoisotopic (exact) mass is 838 g/mol. The molecule has 0 radical (unpaired) electrons. The van der Waals surface area contributed by atoms with Crippen molar-refractivity contribution in [1.82, 2.24) is 4.57 Å². The van der Waals surface area contributed by atoms with E-state index in [-0.39, 0.29) is 39.5 Å². The molecule has 2 fully saturated rings. The van der Waals surface area contributed by atoms with Gasteiger partial charge in [-0.05, 0) is 143 Å². The molecule has 0 amide bonds. The van der Waals surface area contributed by atoms with Crippen molar-refractivity contribution in [2.24, 2.45) is 0 Å². The highest BCUT2D eigenvalue weighted by molar-refractivity contribution is 7.00. The number of para-hydroxylation sites is 1. The van der Waals surface area contributed by atoms with Crippen LogP contribution < -0.4 is 26.2 Å². The molecular weight excluding hydrogens is 773 g/mol. The average molecular weight is 838 g/mol. The summed E-state index contributed by atoms with van der Waals surface area (Å²) in [6.07, 6.45) is 9.89. The second kappa shape index (κ2) is 12.4. The molecule has 0 saturated heterocycles. The molecule has 13 rings (SSSR count). The van der Waals surface area contributed by atoms with Gasteiger partial charge in [0, 0.05) is 55.6 Å². The third-order valence-electron chi connectivity index (χ3n) is 18.8. The molecule has 2 aliphatic carbocycles. The smallest absolute Gasteiger partial charge is 0.252 e. The van der Waals surface area contributed by atoms with E-state index in [1.54, 1.807) is 5.56 Å². The highest BCUT2D eigenvalue weighted by atomic mass is 15.3. The Balaban J connectivity index is 1.17. The second-order valence-electron chi connectivity index (χ2n) is 24.0. The lowest BCUT2D eigenvalue weighted by Gasteiger charge is -2.53. The minimum Gasteiger partial charge on any atom is -0.335 e. The van der Waals surface area contributed by atoms with Crippen LogP contribution in [0.15, 0.2) is 109 Å². The zero-order valence-electron chi connectivity index (χ0n) is 40.0. The van der Waals surface area contributed by atoms with E-state index in [4.69, 9.17) is 0 Å². The number of fused-ring (bicyclic) bond motifs is 13. The van der Waals surface area contributed by atoms with Crippen LogP contribution in [0.1, 0.15) is 143 Å². The van der Waals surface area contributed by atoms with Gasteiger partial charge in [-0.2, -0.15) is 0 Å². The summed E-state index contributed by atoms with van der Waals surface area (Å²) in [6.45, 7) is 24.9. The topological polar surface area (TPSA) is 11.4 Å². The van der Waals surface area contributed by atoms with Gasteiger partial charge in [0.25, 0.3) is 6.71 Å². The number of benzene rings is 6. The molecule has 4 heteroatoms. The number of hydrogen-bond acceptors (Lipinski definition) is 2. The van der Waals surface area contributed by atoms with Crippen molar-refractivity contribution in [2.75, 3.05) is 9.80 Å². The third kappa shape index (κ3) is 4.66. The van der Waals surface area contributed by atoms with Crippen LogP contribution in [0, 0.1) is 0 Å². The van der Waals surface area contributed by atoms with Gasteiger partial charge >= 0.3 is 0 Å². The van der Waals surface area contributed by atoms with Gasteiger partial charge in [-0.25, -0.2) is 0 Å². The van der Waals surface area contributed by atoms with Crippen molar-refractivity contribution in [1.29, 1.82) is 0 Å². The van der Waals surface area contributed by atoms with E-state index in [1.165, 1.54) is 146 Å². The van der Waals surface area contributed by atoms with Gasteiger partial charge in [0.2, 0.25) is 0 Å². The molecule has 1 aromatic heterocycles. The van der Waals surface area contributed by atoms with Gasteiger partial charge < -0.3 is 14.4 Å². The van der Waals surface area contributed by atoms with Crippen molar-refractivity contribution in [2.45, 2.75) is 153 Å². The van der Waals surface area contributed by atoms with E-state index in [1.807, 2.05) is 0 Å². The van der Waals surface area contributed by atoms with Crippen LogP contribution in [0.4, 0.5) is 22.7 Å². The largest absolute Gasteiger partial charge is 0.335 e. The first kappa shape index (κ1) is 39.2. The molecule has 4 aliphatic heterocycles. The summed E-state index contributed by atoms with van der Waals surface area (Å²) in [5.74, 6) is 0. The van der Waals surface area contributed by atoms with Crippen LogP contribution in [-0.2, 0) is 21.7 Å². The maximum absolute atomic E-state index is 2.94. The first-order valence-electron chi connectivity index (χ1n) is 24.7. The van der Waals surface area contributed by atoms with Crippen LogP contribution >= 0.6 is 0 Å².